The fourth-order valence-corrected chi connectivity index (χ4v) is 4.21. The first-order chi connectivity index (χ1) is 11.1. The van der Waals surface area contributed by atoms with E-state index >= 15 is 0 Å². The molecule has 126 valence electrons. The quantitative estimate of drug-likeness (QED) is 0.663. The van der Waals surface area contributed by atoms with Crippen molar-refractivity contribution in [1.82, 2.24) is 10.6 Å². The number of fused-ring (bicyclic) bond motifs is 1. The molecule has 0 spiro atoms. The second-order valence-electron chi connectivity index (χ2n) is 7.24. The number of aryl methyl sites for hydroxylation is 1. The van der Waals surface area contributed by atoms with E-state index in [1.54, 1.807) is 0 Å². The summed E-state index contributed by atoms with van der Waals surface area (Å²) in [6.07, 6.45) is 2.61. The predicted molar refractivity (Wildman–Crippen MR) is 94.6 cm³/mol. The standard InChI is InChI=1S/C19H29N3O/c1-5-13-8-6-7-9-14(13)12-21-18(20-4)22-16-15-10-11-23-17(15)19(16,2)3/h6-9,15-17H,5,10-12H2,1-4H3,(H2,20,21,22). The third kappa shape index (κ3) is 2.97. The van der Waals surface area contributed by atoms with Crippen LogP contribution in [-0.4, -0.2) is 31.8 Å². The van der Waals surface area contributed by atoms with Crippen molar-refractivity contribution in [3.8, 4) is 0 Å². The first-order valence-corrected chi connectivity index (χ1v) is 8.73. The molecule has 0 amide bonds. The van der Waals surface area contributed by atoms with E-state index in [2.05, 4.69) is 60.7 Å². The minimum atomic E-state index is 0.167. The third-order valence-corrected chi connectivity index (χ3v) is 5.56. The van der Waals surface area contributed by atoms with Gasteiger partial charge >= 0.3 is 0 Å². The highest BCUT2D eigenvalue weighted by Gasteiger charge is 2.59. The molecule has 1 heterocycles. The SMILES string of the molecule is CCc1ccccc1CNC(=NC)NC1C2CCOC2C1(C)C. The van der Waals surface area contributed by atoms with Gasteiger partial charge in [0, 0.05) is 37.6 Å². The maximum Gasteiger partial charge on any atom is 0.191 e. The first kappa shape index (κ1) is 16.3. The molecule has 1 aliphatic carbocycles. The summed E-state index contributed by atoms with van der Waals surface area (Å²) in [5.41, 5.74) is 2.90. The van der Waals surface area contributed by atoms with Gasteiger partial charge in [0.25, 0.3) is 0 Å². The van der Waals surface area contributed by atoms with Gasteiger partial charge in [-0.05, 0) is 24.0 Å². The summed E-state index contributed by atoms with van der Waals surface area (Å²) < 4.78 is 5.87. The molecule has 2 fully saturated rings. The van der Waals surface area contributed by atoms with Crippen LogP contribution >= 0.6 is 0 Å². The maximum atomic E-state index is 5.87. The molecule has 3 rings (SSSR count). The molecule has 1 saturated carbocycles. The lowest BCUT2D eigenvalue weighted by molar-refractivity contribution is -0.106. The summed E-state index contributed by atoms with van der Waals surface area (Å²) in [6, 6.07) is 9.02. The van der Waals surface area contributed by atoms with Crippen LogP contribution in [0.4, 0.5) is 0 Å². The van der Waals surface area contributed by atoms with Crippen LogP contribution in [0.1, 0.15) is 38.3 Å². The summed E-state index contributed by atoms with van der Waals surface area (Å²) in [5.74, 6) is 1.51. The fourth-order valence-electron chi connectivity index (χ4n) is 4.21. The van der Waals surface area contributed by atoms with E-state index in [0.29, 0.717) is 18.1 Å². The Bertz CT molecular complexity index is 582. The van der Waals surface area contributed by atoms with Gasteiger partial charge < -0.3 is 15.4 Å². The van der Waals surface area contributed by atoms with Gasteiger partial charge in [-0.2, -0.15) is 0 Å². The second-order valence-corrected chi connectivity index (χ2v) is 7.24. The minimum absolute atomic E-state index is 0.167. The Kier molecular flexibility index (Phi) is 4.62. The largest absolute Gasteiger partial charge is 0.377 e. The summed E-state index contributed by atoms with van der Waals surface area (Å²) in [6.45, 7) is 8.48. The molecule has 1 aromatic rings. The van der Waals surface area contributed by atoms with Crippen LogP contribution in [0.15, 0.2) is 29.3 Å². The Morgan fingerprint density at radius 2 is 2.04 bits per heavy atom. The molecule has 0 bridgehead atoms. The average molecular weight is 315 g/mol. The van der Waals surface area contributed by atoms with Crippen molar-refractivity contribution < 1.29 is 4.74 Å². The van der Waals surface area contributed by atoms with Crippen LogP contribution < -0.4 is 10.6 Å². The molecular weight excluding hydrogens is 286 g/mol. The number of aliphatic imine (C=N–C) groups is 1. The lowest BCUT2D eigenvalue weighted by Gasteiger charge is -2.54. The van der Waals surface area contributed by atoms with E-state index in [1.165, 1.54) is 11.1 Å². The van der Waals surface area contributed by atoms with Crippen LogP contribution in [0.5, 0.6) is 0 Å². The van der Waals surface area contributed by atoms with Crippen LogP contribution in [0.25, 0.3) is 0 Å². The van der Waals surface area contributed by atoms with Crippen LogP contribution in [-0.2, 0) is 17.7 Å². The molecule has 3 atom stereocenters. The first-order valence-electron chi connectivity index (χ1n) is 8.73. The molecule has 0 aromatic heterocycles. The number of nitrogens with zero attached hydrogens (tertiary/aromatic N) is 1. The molecule has 1 aromatic carbocycles. The zero-order chi connectivity index (χ0) is 16.4. The highest BCUT2D eigenvalue weighted by atomic mass is 16.5. The molecule has 2 aliphatic rings. The highest BCUT2D eigenvalue weighted by molar-refractivity contribution is 5.80. The lowest BCUT2D eigenvalue weighted by Crippen LogP contribution is -2.67. The summed E-state index contributed by atoms with van der Waals surface area (Å²) in [7, 11) is 1.84. The normalized spacial score (nSPS) is 28.9. The number of benzene rings is 1. The van der Waals surface area contributed by atoms with E-state index in [9.17, 15) is 0 Å². The number of ether oxygens (including phenoxy) is 1. The lowest BCUT2D eigenvalue weighted by atomic mass is 9.57. The summed E-state index contributed by atoms with van der Waals surface area (Å²) in [4.78, 5) is 4.41. The number of guanidine groups is 1. The number of rotatable bonds is 4. The van der Waals surface area contributed by atoms with Gasteiger partial charge in [0.2, 0.25) is 0 Å². The molecular formula is C19H29N3O. The molecule has 4 nitrogen and oxygen atoms in total. The highest BCUT2D eigenvalue weighted by Crippen LogP contribution is 2.52. The van der Waals surface area contributed by atoms with Crippen molar-refractivity contribution in [2.24, 2.45) is 16.3 Å². The maximum absolute atomic E-state index is 5.87. The van der Waals surface area contributed by atoms with E-state index in [-0.39, 0.29) is 5.41 Å². The molecule has 23 heavy (non-hydrogen) atoms. The van der Waals surface area contributed by atoms with Gasteiger partial charge in [0.15, 0.2) is 5.96 Å². The van der Waals surface area contributed by atoms with Gasteiger partial charge in [0.1, 0.15) is 0 Å². The molecule has 1 aliphatic heterocycles. The Balaban J connectivity index is 1.61. The third-order valence-electron chi connectivity index (χ3n) is 5.56. The zero-order valence-electron chi connectivity index (χ0n) is 14.7. The van der Waals surface area contributed by atoms with Gasteiger partial charge in [-0.15, -0.1) is 0 Å². The van der Waals surface area contributed by atoms with Crippen molar-refractivity contribution in [3.63, 3.8) is 0 Å². The number of hydrogen-bond donors (Lipinski definition) is 2. The molecule has 2 N–H and O–H groups in total. The fraction of sp³-hybridized carbons (Fsp3) is 0.632. The Morgan fingerprint density at radius 1 is 1.30 bits per heavy atom. The van der Waals surface area contributed by atoms with Gasteiger partial charge in [-0.1, -0.05) is 45.0 Å². The molecule has 4 heteroatoms. The number of hydrogen-bond acceptors (Lipinski definition) is 2. The summed E-state index contributed by atoms with van der Waals surface area (Å²) in [5, 5.41) is 7.11. The molecule has 3 unspecified atom stereocenters. The average Bonchev–Trinajstić information content (AvgIpc) is 3.02. The van der Waals surface area contributed by atoms with Crippen molar-refractivity contribution in [2.75, 3.05) is 13.7 Å². The Morgan fingerprint density at radius 3 is 2.74 bits per heavy atom. The van der Waals surface area contributed by atoms with E-state index < -0.39 is 0 Å². The Labute approximate surface area is 139 Å². The van der Waals surface area contributed by atoms with Crippen LogP contribution in [0.2, 0.25) is 0 Å². The molecule has 0 radical (unpaired) electrons. The van der Waals surface area contributed by atoms with Crippen molar-refractivity contribution in [3.05, 3.63) is 35.4 Å². The summed E-state index contributed by atoms with van der Waals surface area (Å²) >= 11 is 0. The van der Waals surface area contributed by atoms with Crippen molar-refractivity contribution in [2.45, 2.75) is 52.3 Å². The second kappa shape index (κ2) is 6.52. The van der Waals surface area contributed by atoms with E-state index in [1.807, 2.05) is 7.05 Å². The zero-order valence-corrected chi connectivity index (χ0v) is 14.7. The van der Waals surface area contributed by atoms with E-state index in [0.717, 1.165) is 32.0 Å². The monoisotopic (exact) mass is 315 g/mol. The predicted octanol–water partition coefficient (Wildman–Crippen LogP) is 2.73. The van der Waals surface area contributed by atoms with Crippen molar-refractivity contribution in [1.29, 1.82) is 0 Å². The van der Waals surface area contributed by atoms with Gasteiger partial charge in [0.05, 0.1) is 6.10 Å². The van der Waals surface area contributed by atoms with Crippen molar-refractivity contribution >= 4 is 5.96 Å². The Hall–Kier alpha value is -1.55. The topological polar surface area (TPSA) is 45.7 Å². The van der Waals surface area contributed by atoms with E-state index in [4.69, 9.17) is 4.74 Å². The van der Waals surface area contributed by atoms with Crippen LogP contribution in [0, 0.1) is 11.3 Å². The molecule has 1 saturated heterocycles. The van der Waals surface area contributed by atoms with Gasteiger partial charge in [-0.25, -0.2) is 0 Å². The van der Waals surface area contributed by atoms with Crippen LogP contribution in [0.3, 0.4) is 0 Å². The van der Waals surface area contributed by atoms with Gasteiger partial charge in [-0.3, -0.25) is 4.99 Å². The number of nitrogens with one attached hydrogen (secondary N) is 2. The smallest absolute Gasteiger partial charge is 0.191 e. The minimum Gasteiger partial charge on any atom is -0.377 e.